The van der Waals surface area contributed by atoms with Gasteiger partial charge in [-0.15, -0.1) is 0 Å². The second-order valence-corrected chi connectivity index (χ2v) is 8.99. The number of hydrogen-bond acceptors (Lipinski definition) is 7. The van der Waals surface area contributed by atoms with Crippen LogP contribution in [0.4, 0.5) is 5.82 Å². The lowest BCUT2D eigenvalue weighted by molar-refractivity contribution is -0.123. The number of hydrogen-bond donors (Lipinski definition) is 1. The predicted molar refractivity (Wildman–Crippen MR) is 127 cm³/mol. The number of rotatable bonds is 10. The SMILES string of the molecule is CCCSc1nc(N2CCCC2)c2cnn(CCNC(=O)COc3cccc(C)c3)c2n1. The summed E-state index contributed by atoms with van der Waals surface area (Å²) >= 11 is 1.68. The molecule has 32 heavy (non-hydrogen) atoms. The van der Waals surface area contributed by atoms with Gasteiger partial charge >= 0.3 is 0 Å². The molecule has 3 heterocycles. The van der Waals surface area contributed by atoms with E-state index in [1.165, 1.54) is 12.8 Å². The molecule has 0 unspecified atom stereocenters. The van der Waals surface area contributed by atoms with Crippen LogP contribution in [0.1, 0.15) is 31.7 Å². The lowest BCUT2D eigenvalue weighted by Gasteiger charge is -2.18. The molecule has 2 aromatic heterocycles. The highest BCUT2D eigenvalue weighted by molar-refractivity contribution is 7.99. The molecule has 1 aliphatic heterocycles. The third-order valence-corrected chi connectivity index (χ3v) is 6.35. The number of ether oxygens (including phenoxy) is 1. The first kappa shape index (κ1) is 22.4. The standard InChI is InChI=1S/C23H30N6O2S/c1-3-13-32-23-26-21(28-10-4-5-11-28)19-15-25-29(22(19)27-23)12-9-24-20(30)16-31-18-8-6-7-17(2)14-18/h6-8,14-15H,3-5,9-13,16H2,1-2H3,(H,24,30). The van der Waals surface area contributed by atoms with Crippen LogP contribution in [0.3, 0.4) is 0 Å². The molecule has 0 radical (unpaired) electrons. The molecular weight excluding hydrogens is 424 g/mol. The molecule has 0 aliphatic carbocycles. The molecule has 0 bridgehead atoms. The van der Waals surface area contributed by atoms with E-state index in [9.17, 15) is 4.79 Å². The largest absolute Gasteiger partial charge is 0.484 e. The number of amides is 1. The zero-order valence-electron chi connectivity index (χ0n) is 18.7. The summed E-state index contributed by atoms with van der Waals surface area (Å²) in [6.07, 6.45) is 5.29. The first-order valence-corrected chi connectivity index (χ1v) is 12.2. The average molecular weight is 455 g/mol. The highest BCUT2D eigenvalue weighted by atomic mass is 32.2. The highest BCUT2D eigenvalue weighted by Crippen LogP contribution is 2.29. The normalized spacial score (nSPS) is 13.6. The first-order chi connectivity index (χ1) is 15.6. The van der Waals surface area contributed by atoms with E-state index in [4.69, 9.17) is 14.7 Å². The van der Waals surface area contributed by atoms with E-state index in [2.05, 4.69) is 22.2 Å². The van der Waals surface area contributed by atoms with Gasteiger partial charge in [0.2, 0.25) is 0 Å². The predicted octanol–water partition coefficient (Wildman–Crippen LogP) is 3.43. The van der Waals surface area contributed by atoms with Crippen LogP contribution in [0, 0.1) is 6.92 Å². The van der Waals surface area contributed by atoms with Crippen molar-refractivity contribution < 1.29 is 9.53 Å². The Balaban J connectivity index is 1.40. The molecule has 170 valence electrons. The molecule has 0 atom stereocenters. The number of carbonyl (C=O) groups is 1. The molecule has 8 nitrogen and oxygen atoms in total. The number of aromatic nitrogens is 4. The van der Waals surface area contributed by atoms with Crippen molar-refractivity contribution in [2.45, 2.75) is 44.8 Å². The minimum Gasteiger partial charge on any atom is -0.484 e. The van der Waals surface area contributed by atoms with Crippen LogP contribution in [0.15, 0.2) is 35.6 Å². The van der Waals surface area contributed by atoms with Gasteiger partial charge in [0, 0.05) is 25.4 Å². The van der Waals surface area contributed by atoms with Gasteiger partial charge in [-0.3, -0.25) is 4.79 Å². The summed E-state index contributed by atoms with van der Waals surface area (Å²) in [6.45, 7) is 7.16. The molecule has 0 spiro atoms. The Morgan fingerprint density at radius 2 is 2.09 bits per heavy atom. The van der Waals surface area contributed by atoms with Crippen LogP contribution in [-0.2, 0) is 11.3 Å². The zero-order valence-corrected chi connectivity index (χ0v) is 19.5. The third-order valence-electron chi connectivity index (χ3n) is 5.30. The van der Waals surface area contributed by atoms with E-state index in [0.29, 0.717) is 18.8 Å². The molecular formula is C23H30N6O2S. The van der Waals surface area contributed by atoms with Gasteiger partial charge in [0.05, 0.1) is 18.1 Å². The van der Waals surface area contributed by atoms with Gasteiger partial charge in [-0.05, 0) is 43.9 Å². The molecule has 1 amide bonds. The van der Waals surface area contributed by atoms with Gasteiger partial charge in [-0.1, -0.05) is 30.8 Å². The van der Waals surface area contributed by atoms with Crippen molar-refractivity contribution in [2.24, 2.45) is 0 Å². The number of nitrogens with one attached hydrogen (secondary N) is 1. The number of anilines is 1. The monoisotopic (exact) mass is 454 g/mol. The number of benzene rings is 1. The molecule has 1 fully saturated rings. The van der Waals surface area contributed by atoms with Crippen LogP contribution in [0.2, 0.25) is 0 Å². The number of thioether (sulfide) groups is 1. The molecule has 9 heteroatoms. The van der Waals surface area contributed by atoms with Gasteiger partial charge < -0.3 is 15.0 Å². The van der Waals surface area contributed by atoms with Crippen molar-refractivity contribution >= 4 is 34.5 Å². The van der Waals surface area contributed by atoms with Crippen LogP contribution in [0.25, 0.3) is 11.0 Å². The maximum Gasteiger partial charge on any atom is 0.258 e. The van der Waals surface area contributed by atoms with E-state index < -0.39 is 0 Å². The summed E-state index contributed by atoms with van der Waals surface area (Å²) in [5, 5.41) is 9.21. The second-order valence-electron chi connectivity index (χ2n) is 7.93. The lowest BCUT2D eigenvalue weighted by atomic mass is 10.2. The van der Waals surface area contributed by atoms with E-state index in [1.54, 1.807) is 11.8 Å². The topological polar surface area (TPSA) is 85.2 Å². The molecule has 1 saturated heterocycles. The molecule has 4 rings (SSSR count). The van der Waals surface area contributed by atoms with E-state index in [-0.39, 0.29) is 12.5 Å². The highest BCUT2D eigenvalue weighted by Gasteiger charge is 2.20. The van der Waals surface area contributed by atoms with Crippen LogP contribution < -0.4 is 15.0 Å². The summed E-state index contributed by atoms with van der Waals surface area (Å²) in [6, 6.07) is 7.67. The van der Waals surface area contributed by atoms with Crippen molar-refractivity contribution in [2.75, 3.05) is 36.9 Å². The Labute approximate surface area is 192 Å². The van der Waals surface area contributed by atoms with Crippen molar-refractivity contribution in [3.63, 3.8) is 0 Å². The Hall–Kier alpha value is -2.81. The molecule has 0 saturated carbocycles. The molecule has 1 aromatic carbocycles. The fourth-order valence-electron chi connectivity index (χ4n) is 3.72. The fraction of sp³-hybridized carbons (Fsp3) is 0.478. The quantitative estimate of drug-likeness (QED) is 0.371. The minimum atomic E-state index is -0.158. The van der Waals surface area contributed by atoms with E-state index in [1.807, 2.05) is 42.1 Å². The maximum atomic E-state index is 12.2. The summed E-state index contributed by atoms with van der Waals surface area (Å²) < 4.78 is 7.42. The summed E-state index contributed by atoms with van der Waals surface area (Å²) in [5.41, 5.74) is 1.92. The number of nitrogens with zero attached hydrogens (tertiary/aromatic N) is 5. The fourth-order valence-corrected chi connectivity index (χ4v) is 4.41. The maximum absolute atomic E-state index is 12.2. The van der Waals surface area contributed by atoms with Crippen LogP contribution >= 0.6 is 11.8 Å². The van der Waals surface area contributed by atoms with Crippen LogP contribution in [0.5, 0.6) is 5.75 Å². The van der Waals surface area contributed by atoms with Gasteiger partial charge in [0.25, 0.3) is 5.91 Å². The van der Waals surface area contributed by atoms with Crippen molar-refractivity contribution in [1.29, 1.82) is 0 Å². The Morgan fingerprint density at radius 3 is 2.88 bits per heavy atom. The van der Waals surface area contributed by atoms with Gasteiger partial charge in [-0.2, -0.15) is 5.10 Å². The summed E-state index contributed by atoms with van der Waals surface area (Å²) in [5.74, 6) is 2.50. The minimum absolute atomic E-state index is 0.0115. The summed E-state index contributed by atoms with van der Waals surface area (Å²) in [4.78, 5) is 24.1. The van der Waals surface area contributed by atoms with Gasteiger partial charge in [0.1, 0.15) is 11.6 Å². The second kappa shape index (κ2) is 10.7. The van der Waals surface area contributed by atoms with Crippen molar-refractivity contribution in [3.05, 3.63) is 36.0 Å². The van der Waals surface area contributed by atoms with Crippen LogP contribution in [-0.4, -0.2) is 57.6 Å². The Morgan fingerprint density at radius 1 is 1.25 bits per heavy atom. The molecule has 3 aromatic rings. The lowest BCUT2D eigenvalue weighted by Crippen LogP contribution is -2.31. The smallest absolute Gasteiger partial charge is 0.258 e. The summed E-state index contributed by atoms with van der Waals surface area (Å²) in [7, 11) is 0. The molecule has 1 aliphatic rings. The van der Waals surface area contributed by atoms with E-state index in [0.717, 1.165) is 52.8 Å². The molecule has 1 N–H and O–H groups in total. The third kappa shape index (κ3) is 5.51. The van der Waals surface area contributed by atoms with Crippen molar-refractivity contribution in [3.8, 4) is 5.75 Å². The Kier molecular flexibility index (Phi) is 7.47. The van der Waals surface area contributed by atoms with E-state index >= 15 is 0 Å². The zero-order chi connectivity index (χ0) is 22.3. The van der Waals surface area contributed by atoms with Crippen molar-refractivity contribution in [1.82, 2.24) is 25.1 Å². The number of fused-ring (bicyclic) bond motifs is 1. The average Bonchev–Trinajstić information content (AvgIpc) is 3.46. The Bertz CT molecular complexity index is 1060. The van der Waals surface area contributed by atoms with Gasteiger partial charge in [-0.25, -0.2) is 14.6 Å². The van der Waals surface area contributed by atoms with Gasteiger partial charge in [0.15, 0.2) is 17.4 Å². The number of carbonyl (C=O) groups excluding carboxylic acids is 1. The first-order valence-electron chi connectivity index (χ1n) is 11.2. The number of aryl methyl sites for hydroxylation is 1.